The Balaban J connectivity index is 1.93. The first kappa shape index (κ1) is 11.3. The molecule has 3 heteroatoms. The average molecular weight is 241 g/mol. The zero-order chi connectivity index (χ0) is 12.4. The van der Waals surface area contributed by atoms with E-state index in [9.17, 15) is 0 Å². The highest BCUT2D eigenvalue weighted by molar-refractivity contribution is 5.56. The van der Waals surface area contributed by atoms with Gasteiger partial charge in [-0.25, -0.2) is 4.98 Å². The Kier molecular flexibility index (Phi) is 3.05. The maximum Gasteiger partial charge on any atom is 0.0922 e. The van der Waals surface area contributed by atoms with Crippen molar-refractivity contribution in [3.8, 4) is 0 Å². The van der Waals surface area contributed by atoms with Crippen LogP contribution in [0.4, 0.5) is 5.69 Å². The van der Waals surface area contributed by atoms with Crippen molar-refractivity contribution < 1.29 is 0 Å². The molecular weight excluding hydrogens is 222 g/mol. The van der Waals surface area contributed by atoms with Gasteiger partial charge in [-0.1, -0.05) is 25.1 Å². The summed E-state index contributed by atoms with van der Waals surface area (Å²) in [5, 5.41) is 0. The van der Waals surface area contributed by atoms with Crippen molar-refractivity contribution in [2.75, 3.05) is 4.90 Å². The first-order chi connectivity index (χ1) is 8.88. The fourth-order valence-electron chi connectivity index (χ4n) is 2.87. The first-order valence-electron chi connectivity index (χ1n) is 6.70. The van der Waals surface area contributed by atoms with E-state index in [0.717, 1.165) is 6.54 Å². The van der Waals surface area contributed by atoms with Crippen LogP contribution in [0.25, 0.3) is 0 Å². The Morgan fingerprint density at radius 2 is 2.28 bits per heavy atom. The molecule has 1 aliphatic rings. The fraction of sp³-hybridized carbons (Fsp3) is 0.400. The van der Waals surface area contributed by atoms with Gasteiger partial charge in [0.15, 0.2) is 0 Å². The lowest BCUT2D eigenvalue weighted by atomic mass is 9.94. The van der Waals surface area contributed by atoms with Crippen molar-refractivity contribution in [2.45, 2.75) is 38.8 Å². The number of anilines is 1. The number of nitrogens with zero attached hydrogens (tertiary/aromatic N) is 2. The molecule has 0 radical (unpaired) electrons. The van der Waals surface area contributed by atoms with Crippen molar-refractivity contribution in [3.05, 3.63) is 48.0 Å². The molecular formula is C15H19N3. The number of benzene rings is 1. The number of H-pyrrole nitrogens is 1. The molecule has 1 N–H and O–H groups in total. The summed E-state index contributed by atoms with van der Waals surface area (Å²) in [7, 11) is 0. The van der Waals surface area contributed by atoms with Crippen LogP contribution in [0, 0.1) is 0 Å². The molecule has 0 aliphatic carbocycles. The number of imidazole rings is 1. The summed E-state index contributed by atoms with van der Waals surface area (Å²) < 4.78 is 0. The molecule has 0 saturated heterocycles. The molecule has 2 heterocycles. The highest BCUT2D eigenvalue weighted by atomic mass is 15.2. The normalized spacial score (nSPS) is 18.7. The Morgan fingerprint density at radius 3 is 3.06 bits per heavy atom. The molecule has 0 bridgehead atoms. The maximum absolute atomic E-state index is 4.11. The number of para-hydroxylation sites is 1. The van der Waals surface area contributed by atoms with E-state index in [1.54, 1.807) is 6.33 Å². The molecule has 0 fully saturated rings. The smallest absolute Gasteiger partial charge is 0.0922 e. The molecule has 18 heavy (non-hydrogen) atoms. The molecule has 0 spiro atoms. The van der Waals surface area contributed by atoms with E-state index in [-0.39, 0.29) is 0 Å². The van der Waals surface area contributed by atoms with Crippen LogP contribution in [0.1, 0.15) is 31.0 Å². The lowest BCUT2D eigenvalue weighted by molar-refractivity contribution is 0.508. The van der Waals surface area contributed by atoms with Gasteiger partial charge in [0.05, 0.1) is 18.6 Å². The number of aromatic nitrogens is 2. The zero-order valence-corrected chi connectivity index (χ0v) is 10.8. The van der Waals surface area contributed by atoms with Gasteiger partial charge in [-0.2, -0.15) is 0 Å². The van der Waals surface area contributed by atoms with E-state index in [0.29, 0.717) is 6.04 Å². The minimum atomic E-state index is 0.642. The number of fused-ring (bicyclic) bond motifs is 1. The van der Waals surface area contributed by atoms with E-state index in [4.69, 9.17) is 0 Å². The van der Waals surface area contributed by atoms with Gasteiger partial charge in [0.2, 0.25) is 0 Å². The number of rotatable bonds is 3. The summed E-state index contributed by atoms with van der Waals surface area (Å²) in [5.74, 6) is 0. The summed E-state index contributed by atoms with van der Waals surface area (Å²) in [6, 6.07) is 9.41. The van der Waals surface area contributed by atoms with Crippen LogP contribution in [0.2, 0.25) is 0 Å². The van der Waals surface area contributed by atoms with Gasteiger partial charge in [-0.05, 0) is 30.9 Å². The van der Waals surface area contributed by atoms with Crippen LogP contribution in [0.3, 0.4) is 0 Å². The number of nitrogens with one attached hydrogen (secondary N) is 1. The van der Waals surface area contributed by atoms with E-state index < -0.39 is 0 Å². The highest BCUT2D eigenvalue weighted by Crippen LogP contribution is 2.32. The van der Waals surface area contributed by atoms with Gasteiger partial charge in [-0.3, -0.25) is 0 Å². The fourth-order valence-corrected chi connectivity index (χ4v) is 2.87. The van der Waals surface area contributed by atoms with Crippen LogP contribution >= 0.6 is 0 Å². The second-order valence-corrected chi connectivity index (χ2v) is 4.93. The number of aromatic amines is 1. The molecule has 94 valence electrons. The predicted molar refractivity (Wildman–Crippen MR) is 73.6 cm³/mol. The monoisotopic (exact) mass is 241 g/mol. The quantitative estimate of drug-likeness (QED) is 0.895. The molecule has 1 aromatic heterocycles. The molecule has 3 rings (SSSR count). The average Bonchev–Trinajstić information content (AvgIpc) is 2.92. The van der Waals surface area contributed by atoms with Crippen LogP contribution < -0.4 is 4.90 Å². The topological polar surface area (TPSA) is 31.9 Å². The Labute approximate surface area is 108 Å². The molecule has 1 atom stereocenters. The summed E-state index contributed by atoms with van der Waals surface area (Å²) in [4.78, 5) is 9.84. The first-order valence-corrected chi connectivity index (χ1v) is 6.70. The van der Waals surface area contributed by atoms with E-state index in [2.05, 4.69) is 46.1 Å². The van der Waals surface area contributed by atoms with Crippen molar-refractivity contribution in [2.24, 2.45) is 0 Å². The summed E-state index contributed by atoms with van der Waals surface area (Å²) in [5.41, 5.74) is 4.05. The molecule has 0 saturated carbocycles. The summed E-state index contributed by atoms with van der Waals surface area (Å²) in [6.07, 6.45) is 7.33. The van der Waals surface area contributed by atoms with Crippen molar-refractivity contribution in [1.29, 1.82) is 0 Å². The standard InChI is InChI=1S/C15H19N3/c1-2-14-8-7-12-5-3-4-6-15(12)18(14)10-13-9-16-11-17-13/h3-6,9,11,14H,2,7-8,10H2,1H3,(H,16,17)/t14-/m1/s1. The highest BCUT2D eigenvalue weighted by Gasteiger charge is 2.24. The van der Waals surface area contributed by atoms with E-state index in [1.165, 1.54) is 36.2 Å². The molecule has 0 amide bonds. The van der Waals surface area contributed by atoms with Crippen LogP contribution in [-0.4, -0.2) is 16.0 Å². The second-order valence-electron chi connectivity index (χ2n) is 4.93. The Morgan fingerprint density at radius 1 is 1.39 bits per heavy atom. The van der Waals surface area contributed by atoms with Crippen molar-refractivity contribution in [1.82, 2.24) is 9.97 Å². The number of hydrogen-bond donors (Lipinski definition) is 1. The van der Waals surface area contributed by atoms with Crippen LogP contribution in [0.15, 0.2) is 36.8 Å². The summed E-state index contributed by atoms with van der Waals surface area (Å²) >= 11 is 0. The Hall–Kier alpha value is -1.77. The number of aryl methyl sites for hydroxylation is 1. The van der Waals surface area contributed by atoms with Gasteiger partial charge in [0.1, 0.15) is 0 Å². The molecule has 1 aromatic carbocycles. The van der Waals surface area contributed by atoms with Gasteiger partial charge in [0, 0.05) is 17.9 Å². The van der Waals surface area contributed by atoms with E-state index >= 15 is 0 Å². The second kappa shape index (κ2) is 4.84. The maximum atomic E-state index is 4.11. The molecule has 0 unspecified atom stereocenters. The van der Waals surface area contributed by atoms with Gasteiger partial charge in [0.25, 0.3) is 0 Å². The number of hydrogen-bond acceptors (Lipinski definition) is 2. The van der Waals surface area contributed by atoms with Crippen LogP contribution in [0.5, 0.6) is 0 Å². The predicted octanol–water partition coefficient (Wildman–Crippen LogP) is 3.14. The van der Waals surface area contributed by atoms with Gasteiger partial charge >= 0.3 is 0 Å². The largest absolute Gasteiger partial charge is 0.362 e. The minimum absolute atomic E-state index is 0.642. The third-order valence-electron chi connectivity index (χ3n) is 3.86. The lowest BCUT2D eigenvalue weighted by Gasteiger charge is -2.38. The van der Waals surface area contributed by atoms with Crippen molar-refractivity contribution >= 4 is 5.69 Å². The molecule has 2 aromatic rings. The van der Waals surface area contributed by atoms with Crippen LogP contribution in [-0.2, 0) is 13.0 Å². The summed E-state index contributed by atoms with van der Waals surface area (Å²) in [6.45, 7) is 3.20. The molecule has 3 nitrogen and oxygen atoms in total. The third-order valence-corrected chi connectivity index (χ3v) is 3.86. The Bertz CT molecular complexity index is 504. The van der Waals surface area contributed by atoms with E-state index in [1.807, 2.05) is 6.20 Å². The molecule has 1 aliphatic heterocycles. The van der Waals surface area contributed by atoms with Gasteiger partial charge in [-0.15, -0.1) is 0 Å². The SMILES string of the molecule is CC[C@@H]1CCc2ccccc2N1Cc1cnc[nH]1. The zero-order valence-electron chi connectivity index (χ0n) is 10.8. The third kappa shape index (κ3) is 2.01. The minimum Gasteiger partial charge on any atom is -0.362 e. The lowest BCUT2D eigenvalue weighted by Crippen LogP contribution is -2.38. The van der Waals surface area contributed by atoms with Gasteiger partial charge < -0.3 is 9.88 Å². The van der Waals surface area contributed by atoms with Crippen molar-refractivity contribution in [3.63, 3.8) is 0 Å².